The van der Waals surface area contributed by atoms with Gasteiger partial charge in [-0.2, -0.15) is 0 Å². The van der Waals surface area contributed by atoms with E-state index < -0.39 is 0 Å². The molecule has 0 aliphatic rings. The molecule has 0 aliphatic carbocycles. The van der Waals surface area contributed by atoms with E-state index in [1.165, 1.54) is 33.7 Å². The summed E-state index contributed by atoms with van der Waals surface area (Å²) >= 11 is 2.51. The molecule has 14 heavy (non-hydrogen) atoms. The van der Waals surface area contributed by atoms with Gasteiger partial charge in [0.05, 0.1) is 0 Å². The first-order valence-electron chi connectivity index (χ1n) is 3.67. The Hall–Kier alpha value is -0.820. The molecule has 0 unspecified atom stereocenters. The van der Waals surface area contributed by atoms with Crippen molar-refractivity contribution in [3.8, 4) is 0 Å². The van der Waals surface area contributed by atoms with Crippen LogP contribution < -0.4 is 5.32 Å². The predicted molar refractivity (Wildman–Crippen MR) is 61.3 cm³/mol. The minimum atomic E-state index is -0.390. The van der Waals surface area contributed by atoms with E-state index >= 15 is 0 Å². The highest BCUT2D eigenvalue weighted by Crippen LogP contribution is 2.15. The fourth-order valence-corrected chi connectivity index (χ4v) is 1.58. The largest absolute Gasteiger partial charge is 0.461 e. The van der Waals surface area contributed by atoms with Crippen molar-refractivity contribution in [2.45, 2.75) is 0 Å². The molecule has 0 aromatic rings. The van der Waals surface area contributed by atoms with Gasteiger partial charge in [0, 0.05) is 12.5 Å². The van der Waals surface area contributed by atoms with Crippen molar-refractivity contribution in [3.63, 3.8) is 0 Å². The zero-order valence-corrected chi connectivity index (χ0v) is 9.70. The van der Waals surface area contributed by atoms with E-state index in [1.807, 2.05) is 0 Å². The molecule has 0 aliphatic heterocycles. The molecule has 2 amide bonds. The van der Waals surface area contributed by atoms with E-state index in [2.05, 4.69) is 11.9 Å². The number of nitrogens with one attached hydrogen (secondary N) is 2. The second-order valence-corrected chi connectivity index (χ2v) is 3.67. The molecule has 5 nitrogen and oxygen atoms in total. The van der Waals surface area contributed by atoms with Crippen LogP contribution in [0.15, 0.2) is 12.7 Å². The van der Waals surface area contributed by atoms with Crippen molar-refractivity contribution < 1.29 is 9.53 Å². The summed E-state index contributed by atoms with van der Waals surface area (Å²) in [5.74, 6) is 0. The lowest BCUT2D eigenvalue weighted by Crippen LogP contribution is -2.37. The number of hydrogen-bond donors (Lipinski definition) is 2. The molecule has 0 saturated heterocycles. The van der Waals surface area contributed by atoms with Gasteiger partial charge in [-0.1, -0.05) is 12.7 Å². The van der Waals surface area contributed by atoms with Crippen molar-refractivity contribution in [1.82, 2.24) is 9.03 Å². The number of ether oxygens (including phenoxy) is 1. The molecule has 0 aromatic carbocycles. The molecule has 0 radical (unpaired) electrons. The van der Waals surface area contributed by atoms with Gasteiger partial charge in [0.25, 0.3) is 6.02 Å². The molecule has 0 aromatic heterocycles. The molecule has 0 fully saturated rings. The van der Waals surface area contributed by atoms with Crippen molar-refractivity contribution in [1.29, 1.82) is 5.41 Å². The quantitative estimate of drug-likeness (QED) is 0.337. The second kappa shape index (κ2) is 7.57. The molecular formula is C7H13N3O2S2. The molecule has 0 rings (SSSR count). The average Bonchev–Trinajstić information content (AvgIpc) is 2.16. The minimum absolute atomic E-state index is 0.206. The van der Waals surface area contributed by atoms with Crippen molar-refractivity contribution in [2.75, 3.05) is 19.1 Å². The van der Waals surface area contributed by atoms with Gasteiger partial charge in [-0.25, -0.2) is 8.51 Å². The lowest BCUT2D eigenvalue weighted by atomic mass is 10.7. The number of amidine groups is 1. The summed E-state index contributed by atoms with van der Waals surface area (Å²) < 4.78 is 6.18. The first-order chi connectivity index (χ1) is 6.65. The van der Waals surface area contributed by atoms with Crippen LogP contribution >= 0.6 is 23.9 Å². The Labute approximate surface area is 92.0 Å². The lowest BCUT2D eigenvalue weighted by molar-refractivity contribution is 0.238. The van der Waals surface area contributed by atoms with Crippen molar-refractivity contribution >= 4 is 35.9 Å². The van der Waals surface area contributed by atoms with E-state index in [-0.39, 0.29) is 18.7 Å². The number of nitrogens with zero attached hydrogens (tertiary/aromatic N) is 1. The second-order valence-electron chi connectivity index (χ2n) is 1.98. The van der Waals surface area contributed by atoms with Crippen LogP contribution in [0, 0.1) is 5.41 Å². The fourth-order valence-electron chi connectivity index (χ4n) is 0.561. The van der Waals surface area contributed by atoms with Gasteiger partial charge in [0.1, 0.15) is 6.61 Å². The highest BCUT2D eigenvalue weighted by molar-refractivity contribution is 8.12. The summed E-state index contributed by atoms with van der Waals surface area (Å²) in [6.07, 6.45) is 5.04. The van der Waals surface area contributed by atoms with E-state index in [1.54, 1.807) is 12.5 Å². The zero-order valence-electron chi connectivity index (χ0n) is 8.07. The van der Waals surface area contributed by atoms with Crippen LogP contribution in [0.3, 0.4) is 0 Å². The third-order valence-electron chi connectivity index (χ3n) is 1.06. The summed E-state index contributed by atoms with van der Waals surface area (Å²) in [5.41, 5.74) is 0. The number of carbonyl (C=O) groups excluding carboxylic acids is 1. The van der Waals surface area contributed by atoms with E-state index in [0.717, 1.165) is 0 Å². The van der Waals surface area contributed by atoms with Crippen LogP contribution in [0.5, 0.6) is 0 Å². The van der Waals surface area contributed by atoms with Crippen LogP contribution in [0.25, 0.3) is 0 Å². The van der Waals surface area contributed by atoms with Crippen molar-refractivity contribution in [2.24, 2.45) is 0 Å². The van der Waals surface area contributed by atoms with Crippen LogP contribution in [-0.2, 0) is 4.74 Å². The first kappa shape index (κ1) is 13.2. The maximum Gasteiger partial charge on any atom is 0.345 e. The predicted octanol–water partition coefficient (Wildman–Crippen LogP) is 1.69. The topological polar surface area (TPSA) is 65.4 Å². The Balaban J connectivity index is 3.91. The first-order valence-corrected chi connectivity index (χ1v) is 6.03. The molecule has 0 heterocycles. The zero-order chi connectivity index (χ0) is 11.0. The maximum absolute atomic E-state index is 11.3. The highest BCUT2D eigenvalue weighted by atomic mass is 32.2. The third kappa shape index (κ3) is 5.03. The van der Waals surface area contributed by atoms with Crippen LogP contribution in [0.2, 0.25) is 0 Å². The van der Waals surface area contributed by atoms with Gasteiger partial charge in [-0.15, -0.1) is 0 Å². The molecule has 0 saturated carbocycles. The summed E-state index contributed by atoms with van der Waals surface area (Å²) in [6, 6.07) is -0.665. The monoisotopic (exact) mass is 235 g/mol. The van der Waals surface area contributed by atoms with Crippen molar-refractivity contribution in [3.05, 3.63) is 12.7 Å². The molecule has 0 bridgehead atoms. The van der Waals surface area contributed by atoms with E-state index in [9.17, 15) is 4.79 Å². The molecule has 0 atom stereocenters. The summed E-state index contributed by atoms with van der Waals surface area (Å²) in [4.78, 5) is 11.3. The number of rotatable bonds is 4. The molecular weight excluding hydrogens is 222 g/mol. The Morgan fingerprint density at radius 2 is 2.21 bits per heavy atom. The smallest absolute Gasteiger partial charge is 0.345 e. The van der Waals surface area contributed by atoms with Crippen LogP contribution in [0.1, 0.15) is 0 Å². The Bertz CT molecular complexity index is 219. The van der Waals surface area contributed by atoms with Gasteiger partial charge in [-0.05, 0) is 23.9 Å². The Morgan fingerprint density at radius 1 is 1.64 bits per heavy atom. The van der Waals surface area contributed by atoms with Gasteiger partial charge in [0.2, 0.25) is 0 Å². The number of amides is 2. The van der Waals surface area contributed by atoms with E-state index in [0.29, 0.717) is 0 Å². The standard InChI is InChI=1S/C7H13N3O2S2/c1-4-5-12-6(8)9-7(11)10(13-2)14-3/h4H,1,5H2,2-3H3,(H2,8,9,11). The average molecular weight is 235 g/mol. The molecule has 7 heteroatoms. The SMILES string of the molecule is C=CCOC(=N)NC(=O)N(SC)SC. The summed E-state index contributed by atoms with van der Waals surface area (Å²) in [6.45, 7) is 3.63. The lowest BCUT2D eigenvalue weighted by Gasteiger charge is -2.16. The summed E-state index contributed by atoms with van der Waals surface area (Å²) in [5, 5.41) is 9.49. The van der Waals surface area contributed by atoms with Gasteiger partial charge in [-0.3, -0.25) is 10.7 Å². The third-order valence-corrected chi connectivity index (χ3v) is 2.95. The fraction of sp³-hybridized carbons (Fsp3) is 0.429. The molecule has 2 N–H and O–H groups in total. The van der Waals surface area contributed by atoms with E-state index in [4.69, 9.17) is 10.1 Å². The Kier molecular flexibility index (Phi) is 7.13. The van der Waals surface area contributed by atoms with Gasteiger partial charge < -0.3 is 4.74 Å². The summed E-state index contributed by atoms with van der Waals surface area (Å²) in [7, 11) is 0. The Morgan fingerprint density at radius 3 is 2.64 bits per heavy atom. The normalized spacial score (nSPS) is 9.00. The van der Waals surface area contributed by atoms with Crippen LogP contribution in [0.4, 0.5) is 4.79 Å². The van der Waals surface area contributed by atoms with Gasteiger partial charge in [0.15, 0.2) is 0 Å². The number of hydrogen-bond acceptors (Lipinski definition) is 5. The van der Waals surface area contributed by atoms with Gasteiger partial charge >= 0.3 is 6.03 Å². The highest BCUT2D eigenvalue weighted by Gasteiger charge is 2.12. The minimum Gasteiger partial charge on any atom is -0.461 e. The van der Waals surface area contributed by atoms with Crippen LogP contribution in [-0.4, -0.2) is 34.9 Å². The molecule has 0 spiro atoms. The number of urea groups is 1. The maximum atomic E-state index is 11.3. The number of carbonyl (C=O) groups is 1. The molecule has 80 valence electrons.